The molecule has 136 valence electrons. The fourth-order valence-corrected chi connectivity index (χ4v) is 4.00. The number of rotatable bonds is 3. The number of carboxylic acid groups (broad SMARTS) is 1. The van der Waals surface area contributed by atoms with E-state index in [2.05, 4.69) is 5.10 Å². The maximum atomic E-state index is 14.4. The molecule has 0 spiro atoms. The number of aryl methyl sites for hydroxylation is 1. The molecule has 26 heavy (non-hydrogen) atoms. The number of benzene rings is 1. The fourth-order valence-electron chi connectivity index (χ4n) is 4.00. The van der Waals surface area contributed by atoms with Crippen molar-refractivity contribution in [1.29, 1.82) is 0 Å². The summed E-state index contributed by atoms with van der Waals surface area (Å²) in [7, 11) is 0. The Hall–Kier alpha value is -2.70. The summed E-state index contributed by atoms with van der Waals surface area (Å²) in [5, 5.41) is 13.8. The topological polar surface area (TPSA) is 75.4 Å². The van der Waals surface area contributed by atoms with Crippen molar-refractivity contribution in [3.63, 3.8) is 0 Å². The van der Waals surface area contributed by atoms with Crippen LogP contribution >= 0.6 is 0 Å². The first-order valence-electron chi connectivity index (χ1n) is 8.88. The molecule has 0 radical (unpaired) electrons. The van der Waals surface area contributed by atoms with Crippen molar-refractivity contribution in [2.75, 3.05) is 6.54 Å². The van der Waals surface area contributed by atoms with Crippen LogP contribution in [0.15, 0.2) is 18.2 Å². The molecule has 1 fully saturated rings. The first-order valence-corrected chi connectivity index (χ1v) is 8.88. The van der Waals surface area contributed by atoms with E-state index in [4.69, 9.17) is 0 Å². The summed E-state index contributed by atoms with van der Waals surface area (Å²) in [6, 6.07) is 4.00. The molecule has 0 bridgehead atoms. The number of carbonyl (C=O) groups is 2. The second kappa shape index (κ2) is 6.23. The summed E-state index contributed by atoms with van der Waals surface area (Å²) in [5.74, 6) is -1.74. The van der Waals surface area contributed by atoms with Gasteiger partial charge in [-0.25, -0.2) is 13.9 Å². The zero-order chi connectivity index (χ0) is 18.4. The van der Waals surface area contributed by atoms with Crippen LogP contribution in [0.25, 0.3) is 5.69 Å². The molecule has 7 heteroatoms. The highest BCUT2D eigenvalue weighted by Crippen LogP contribution is 2.31. The minimum absolute atomic E-state index is 0.270. The number of nitrogens with zero attached hydrogens (tertiary/aromatic N) is 3. The minimum atomic E-state index is -0.989. The van der Waals surface area contributed by atoms with Gasteiger partial charge in [0.1, 0.15) is 17.5 Å². The van der Waals surface area contributed by atoms with Crippen LogP contribution in [0.3, 0.4) is 0 Å². The summed E-state index contributed by atoms with van der Waals surface area (Å²) >= 11 is 0. The lowest BCUT2D eigenvalue weighted by Crippen LogP contribution is -2.40. The Morgan fingerprint density at radius 3 is 2.85 bits per heavy atom. The Bertz CT molecular complexity index is 906. The SMILES string of the molecule is Cc1ccc(F)c(-n2nc(C(=O)N3CCCC3C(=O)O)c3c2CCC3)c1. The number of aromatic nitrogens is 2. The van der Waals surface area contributed by atoms with Gasteiger partial charge < -0.3 is 10.0 Å². The monoisotopic (exact) mass is 357 g/mol. The summed E-state index contributed by atoms with van der Waals surface area (Å²) in [5.41, 5.74) is 3.18. The Balaban J connectivity index is 1.78. The molecule has 1 N–H and O–H groups in total. The second-order valence-corrected chi connectivity index (χ2v) is 6.99. The lowest BCUT2D eigenvalue weighted by Gasteiger charge is -2.20. The lowest BCUT2D eigenvalue weighted by atomic mass is 10.1. The molecule has 1 atom stereocenters. The van der Waals surface area contributed by atoms with Crippen LogP contribution in [0.5, 0.6) is 0 Å². The van der Waals surface area contributed by atoms with E-state index in [-0.39, 0.29) is 11.6 Å². The second-order valence-electron chi connectivity index (χ2n) is 6.99. The number of amides is 1. The number of aliphatic carboxylic acids is 1. The van der Waals surface area contributed by atoms with Gasteiger partial charge in [0.15, 0.2) is 5.69 Å². The molecule has 1 aromatic heterocycles. The molecular weight excluding hydrogens is 337 g/mol. The van der Waals surface area contributed by atoms with E-state index in [0.29, 0.717) is 31.5 Å². The molecule has 1 amide bonds. The van der Waals surface area contributed by atoms with Gasteiger partial charge in [0.2, 0.25) is 0 Å². The van der Waals surface area contributed by atoms with E-state index in [1.165, 1.54) is 15.6 Å². The first-order chi connectivity index (χ1) is 12.5. The molecule has 1 aromatic carbocycles. The summed E-state index contributed by atoms with van der Waals surface area (Å²) in [6.07, 6.45) is 3.43. The van der Waals surface area contributed by atoms with Crippen LogP contribution in [0, 0.1) is 12.7 Å². The largest absolute Gasteiger partial charge is 0.480 e. The molecule has 4 rings (SSSR count). The van der Waals surface area contributed by atoms with Crippen molar-refractivity contribution in [2.45, 2.75) is 45.1 Å². The fraction of sp³-hybridized carbons (Fsp3) is 0.421. The third-order valence-corrected chi connectivity index (χ3v) is 5.26. The summed E-state index contributed by atoms with van der Waals surface area (Å²) in [6.45, 7) is 2.29. The first kappa shape index (κ1) is 16.8. The molecule has 2 heterocycles. The van der Waals surface area contributed by atoms with Crippen molar-refractivity contribution in [3.8, 4) is 5.69 Å². The molecule has 1 aliphatic carbocycles. The number of likely N-dealkylation sites (tertiary alicyclic amines) is 1. The maximum Gasteiger partial charge on any atom is 0.326 e. The summed E-state index contributed by atoms with van der Waals surface area (Å²) in [4.78, 5) is 25.8. The molecule has 0 saturated carbocycles. The molecule has 1 saturated heterocycles. The van der Waals surface area contributed by atoms with E-state index >= 15 is 0 Å². The Labute approximate surface area is 150 Å². The van der Waals surface area contributed by atoms with Gasteiger partial charge in [-0.2, -0.15) is 5.10 Å². The average molecular weight is 357 g/mol. The highest BCUT2D eigenvalue weighted by atomic mass is 19.1. The zero-order valence-electron chi connectivity index (χ0n) is 14.5. The van der Waals surface area contributed by atoms with Crippen molar-refractivity contribution in [3.05, 3.63) is 46.5 Å². The van der Waals surface area contributed by atoms with Crippen molar-refractivity contribution < 1.29 is 19.1 Å². The van der Waals surface area contributed by atoms with E-state index in [9.17, 15) is 19.1 Å². The Morgan fingerprint density at radius 1 is 1.27 bits per heavy atom. The van der Waals surface area contributed by atoms with Crippen LogP contribution in [0.1, 0.15) is 46.6 Å². The van der Waals surface area contributed by atoms with Crippen molar-refractivity contribution >= 4 is 11.9 Å². The number of carboxylic acids is 1. The molecule has 2 aliphatic rings. The highest BCUT2D eigenvalue weighted by Gasteiger charge is 2.38. The number of carbonyl (C=O) groups excluding carboxylic acids is 1. The quantitative estimate of drug-likeness (QED) is 0.916. The third kappa shape index (κ3) is 2.58. The highest BCUT2D eigenvalue weighted by molar-refractivity contribution is 5.97. The Morgan fingerprint density at radius 2 is 2.08 bits per heavy atom. The number of hydrogen-bond donors (Lipinski definition) is 1. The van der Waals surface area contributed by atoms with Gasteiger partial charge in [-0.05, 0) is 56.7 Å². The van der Waals surface area contributed by atoms with Crippen LogP contribution < -0.4 is 0 Å². The molecule has 1 aliphatic heterocycles. The normalized spacial score (nSPS) is 19.0. The van der Waals surface area contributed by atoms with Gasteiger partial charge in [0.05, 0.1) is 0 Å². The van der Waals surface area contributed by atoms with Crippen LogP contribution in [-0.2, 0) is 17.6 Å². The minimum Gasteiger partial charge on any atom is -0.480 e. The number of hydrogen-bond acceptors (Lipinski definition) is 3. The van der Waals surface area contributed by atoms with Crippen molar-refractivity contribution in [2.24, 2.45) is 0 Å². The predicted molar refractivity (Wildman–Crippen MR) is 92.0 cm³/mol. The van der Waals surface area contributed by atoms with E-state index in [1.807, 2.05) is 6.92 Å². The van der Waals surface area contributed by atoms with Crippen molar-refractivity contribution in [1.82, 2.24) is 14.7 Å². The van der Waals surface area contributed by atoms with Crippen LogP contribution in [0.4, 0.5) is 4.39 Å². The van der Waals surface area contributed by atoms with Crippen LogP contribution in [0.2, 0.25) is 0 Å². The van der Waals surface area contributed by atoms with Gasteiger partial charge >= 0.3 is 5.97 Å². The number of halogens is 1. The average Bonchev–Trinajstić information content (AvgIpc) is 3.32. The Kier molecular flexibility index (Phi) is 4.01. The molecule has 6 nitrogen and oxygen atoms in total. The van der Waals surface area contributed by atoms with E-state index in [1.54, 1.807) is 12.1 Å². The molecular formula is C19H20FN3O3. The van der Waals surface area contributed by atoms with Gasteiger partial charge in [0, 0.05) is 17.8 Å². The zero-order valence-corrected chi connectivity index (χ0v) is 14.5. The van der Waals surface area contributed by atoms with Gasteiger partial charge in [-0.1, -0.05) is 6.07 Å². The third-order valence-electron chi connectivity index (χ3n) is 5.26. The predicted octanol–water partition coefficient (Wildman–Crippen LogP) is 2.50. The molecule has 1 unspecified atom stereocenters. The van der Waals surface area contributed by atoms with Crippen LogP contribution in [-0.4, -0.2) is 44.3 Å². The smallest absolute Gasteiger partial charge is 0.326 e. The van der Waals surface area contributed by atoms with E-state index < -0.39 is 17.8 Å². The van der Waals surface area contributed by atoms with Gasteiger partial charge in [-0.3, -0.25) is 4.79 Å². The molecule has 2 aromatic rings. The standard InChI is InChI=1S/C19H20FN3O3/c1-11-7-8-13(20)16(10-11)23-14-5-2-4-12(14)17(21-23)18(24)22-9-3-6-15(22)19(25)26/h7-8,10,15H,2-6,9H2,1H3,(H,25,26). The van der Waals surface area contributed by atoms with Gasteiger partial charge in [0.25, 0.3) is 5.91 Å². The number of fused-ring (bicyclic) bond motifs is 1. The summed E-state index contributed by atoms with van der Waals surface area (Å²) < 4.78 is 15.9. The van der Waals surface area contributed by atoms with E-state index in [0.717, 1.165) is 29.7 Å². The van der Waals surface area contributed by atoms with Gasteiger partial charge in [-0.15, -0.1) is 0 Å². The maximum absolute atomic E-state index is 14.4. The lowest BCUT2D eigenvalue weighted by molar-refractivity contribution is -0.141.